The van der Waals surface area contributed by atoms with E-state index in [9.17, 15) is 0 Å². The Kier molecular flexibility index (Phi) is 3.02. The summed E-state index contributed by atoms with van der Waals surface area (Å²) in [6.45, 7) is 0. The molecule has 1 heterocycles. The molecule has 0 fully saturated rings. The van der Waals surface area contributed by atoms with Crippen LogP contribution in [0.25, 0.3) is 0 Å². The Morgan fingerprint density at radius 2 is 2.19 bits per heavy atom. The van der Waals surface area contributed by atoms with Crippen LogP contribution in [0, 0.1) is 0 Å². The van der Waals surface area contributed by atoms with Crippen LogP contribution in [0.5, 0.6) is 11.5 Å². The number of hydrogen-bond donors (Lipinski definition) is 2. The molecule has 88 valence electrons. The lowest BCUT2D eigenvalue weighted by Crippen LogP contribution is -2.26. The van der Waals surface area contributed by atoms with Gasteiger partial charge in [-0.05, 0) is 0 Å². The summed E-state index contributed by atoms with van der Waals surface area (Å²) in [5.74, 6) is 1.77. The van der Waals surface area contributed by atoms with E-state index in [0.717, 1.165) is 4.90 Å². The minimum absolute atomic E-state index is 0.300. The minimum atomic E-state index is -0.300. The molecule has 1 aliphatic rings. The molecule has 0 bridgehead atoms. The molecule has 1 unspecified atom stereocenters. The van der Waals surface area contributed by atoms with Gasteiger partial charge in [0.05, 0.1) is 23.4 Å². The van der Waals surface area contributed by atoms with Gasteiger partial charge in [0.1, 0.15) is 11.4 Å². The van der Waals surface area contributed by atoms with E-state index in [4.69, 9.17) is 25.7 Å². The maximum absolute atomic E-state index is 5.93. The fourth-order valence-corrected chi connectivity index (χ4v) is 2.54. The summed E-state index contributed by atoms with van der Waals surface area (Å²) in [5, 5.41) is 0. The molecular formula is C10H14N2O3S. The first-order valence-corrected chi connectivity index (χ1v) is 5.74. The highest BCUT2D eigenvalue weighted by atomic mass is 32.2. The van der Waals surface area contributed by atoms with Gasteiger partial charge < -0.3 is 25.7 Å². The predicted molar refractivity (Wildman–Crippen MR) is 64.0 cm³/mol. The van der Waals surface area contributed by atoms with E-state index in [1.807, 2.05) is 0 Å². The quantitative estimate of drug-likeness (QED) is 0.761. The van der Waals surface area contributed by atoms with Gasteiger partial charge in [0, 0.05) is 13.2 Å². The molecule has 6 heteroatoms. The van der Waals surface area contributed by atoms with E-state index in [0.29, 0.717) is 28.6 Å². The molecule has 1 aromatic carbocycles. The first-order chi connectivity index (χ1) is 7.67. The topological polar surface area (TPSA) is 79.7 Å². The molecule has 0 aliphatic carbocycles. The van der Waals surface area contributed by atoms with Gasteiger partial charge in [0.25, 0.3) is 0 Å². The van der Waals surface area contributed by atoms with Crippen LogP contribution in [-0.2, 0) is 4.74 Å². The van der Waals surface area contributed by atoms with Crippen LogP contribution in [0.3, 0.4) is 0 Å². The van der Waals surface area contributed by atoms with E-state index >= 15 is 0 Å². The monoisotopic (exact) mass is 242 g/mol. The Balaban J connectivity index is 2.47. The number of benzene rings is 1. The number of nitrogens with two attached hydrogens (primary N) is 2. The summed E-state index contributed by atoms with van der Waals surface area (Å²) >= 11 is 1.57. The van der Waals surface area contributed by atoms with E-state index in [1.165, 1.54) is 0 Å². The molecular weight excluding hydrogens is 228 g/mol. The van der Waals surface area contributed by atoms with Gasteiger partial charge in [-0.25, -0.2) is 0 Å². The second kappa shape index (κ2) is 4.31. The molecule has 1 aromatic rings. The third-order valence-corrected chi connectivity index (χ3v) is 3.51. The minimum Gasteiger partial charge on any atom is -0.494 e. The number of hydrogen-bond acceptors (Lipinski definition) is 6. The smallest absolute Gasteiger partial charge is 0.209 e. The van der Waals surface area contributed by atoms with Crippen LogP contribution in [0.4, 0.5) is 11.4 Å². The highest BCUT2D eigenvalue weighted by Gasteiger charge is 2.26. The molecule has 0 amide bonds. The number of fused-ring (bicyclic) bond motifs is 1. The van der Waals surface area contributed by atoms with E-state index in [2.05, 4.69) is 0 Å². The van der Waals surface area contributed by atoms with Crippen LogP contribution in [0.1, 0.15) is 0 Å². The van der Waals surface area contributed by atoms with Crippen LogP contribution < -0.4 is 20.9 Å². The molecule has 0 saturated heterocycles. The van der Waals surface area contributed by atoms with Gasteiger partial charge in [0.15, 0.2) is 5.75 Å². The first kappa shape index (κ1) is 11.2. The molecule has 4 N–H and O–H groups in total. The van der Waals surface area contributed by atoms with Gasteiger partial charge in [-0.1, -0.05) is 0 Å². The summed E-state index contributed by atoms with van der Waals surface area (Å²) in [4.78, 5) is 0.853. The largest absolute Gasteiger partial charge is 0.494 e. The average molecular weight is 242 g/mol. The zero-order valence-electron chi connectivity index (χ0n) is 9.15. The van der Waals surface area contributed by atoms with Crippen molar-refractivity contribution in [2.75, 3.05) is 31.4 Å². The van der Waals surface area contributed by atoms with Crippen molar-refractivity contribution in [1.82, 2.24) is 0 Å². The van der Waals surface area contributed by atoms with Crippen LogP contribution in [0.2, 0.25) is 0 Å². The number of anilines is 2. The van der Waals surface area contributed by atoms with E-state index < -0.39 is 0 Å². The number of ether oxygens (including phenoxy) is 3. The molecule has 1 atom stereocenters. The van der Waals surface area contributed by atoms with Gasteiger partial charge in [0.2, 0.25) is 6.29 Å². The second-order valence-electron chi connectivity index (χ2n) is 3.33. The Morgan fingerprint density at radius 1 is 1.44 bits per heavy atom. The molecule has 0 saturated carbocycles. The Bertz CT molecular complexity index is 412. The van der Waals surface area contributed by atoms with E-state index in [1.54, 1.807) is 32.0 Å². The molecule has 0 spiro atoms. The van der Waals surface area contributed by atoms with Crippen molar-refractivity contribution in [3.05, 3.63) is 6.07 Å². The number of rotatable bonds is 2. The van der Waals surface area contributed by atoms with Crippen molar-refractivity contribution in [2.24, 2.45) is 0 Å². The molecule has 16 heavy (non-hydrogen) atoms. The summed E-state index contributed by atoms with van der Waals surface area (Å²) in [6.07, 6.45) is -0.300. The number of nitrogen functional groups attached to an aromatic ring is 2. The number of thioether (sulfide) groups is 1. The van der Waals surface area contributed by atoms with Crippen LogP contribution >= 0.6 is 11.8 Å². The van der Waals surface area contributed by atoms with Crippen molar-refractivity contribution >= 4 is 23.1 Å². The third kappa shape index (κ3) is 1.74. The molecule has 1 aliphatic heterocycles. The maximum Gasteiger partial charge on any atom is 0.209 e. The lowest BCUT2D eigenvalue weighted by molar-refractivity contribution is -0.0380. The summed E-state index contributed by atoms with van der Waals surface area (Å²) in [7, 11) is 3.14. The van der Waals surface area contributed by atoms with Gasteiger partial charge in [-0.3, -0.25) is 0 Å². The first-order valence-electron chi connectivity index (χ1n) is 4.75. The highest BCUT2D eigenvalue weighted by molar-refractivity contribution is 7.99. The lowest BCUT2D eigenvalue weighted by Gasteiger charge is -2.27. The number of methoxy groups -OCH3 is 2. The zero-order chi connectivity index (χ0) is 11.7. The highest BCUT2D eigenvalue weighted by Crippen LogP contribution is 2.47. The summed E-state index contributed by atoms with van der Waals surface area (Å²) in [5.41, 5.74) is 12.9. The van der Waals surface area contributed by atoms with Gasteiger partial charge in [-0.15, -0.1) is 11.8 Å². The van der Waals surface area contributed by atoms with Crippen molar-refractivity contribution in [2.45, 2.75) is 11.2 Å². The fraction of sp³-hybridized carbons (Fsp3) is 0.400. The van der Waals surface area contributed by atoms with Crippen molar-refractivity contribution in [3.8, 4) is 11.5 Å². The Labute approximate surface area is 98.0 Å². The zero-order valence-corrected chi connectivity index (χ0v) is 9.97. The van der Waals surface area contributed by atoms with Gasteiger partial charge >= 0.3 is 0 Å². The summed E-state index contributed by atoms with van der Waals surface area (Å²) < 4.78 is 15.9. The van der Waals surface area contributed by atoms with Crippen molar-refractivity contribution in [3.63, 3.8) is 0 Å². The standard InChI is InChI=1S/C10H14N2O3S/c1-13-6-3-5(11)10-9(8(6)12)15-7(14-2)4-16-10/h3,7H,4,11-12H2,1-2H3. The molecule has 0 aromatic heterocycles. The summed E-state index contributed by atoms with van der Waals surface area (Å²) in [6, 6.07) is 1.71. The maximum atomic E-state index is 5.93. The van der Waals surface area contributed by atoms with Crippen LogP contribution in [-0.4, -0.2) is 26.3 Å². The fourth-order valence-electron chi connectivity index (χ4n) is 1.52. The lowest BCUT2D eigenvalue weighted by atomic mass is 10.2. The average Bonchev–Trinajstić information content (AvgIpc) is 2.33. The van der Waals surface area contributed by atoms with Crippen molar-refractivity contribution < 1.29 is 14.2 Å². The Morgan fingerprint density at radius 3 is 2.81 bits per heavy atom. The Hall–Kier alpha value is -1.27. The second-order valence-corrected chi connectivity index (χ2v) is 4.36. The third-order valence-electron chi connectivity index (χ3n) is 2.36. The normalized spacial score (nSPS) is 18.8. The molecule has 2 rings (SSSR count). The molecule has 5 nitrogen and oxygen atoms in total. The van der Waals surface area contributed by atoms with Crippen LogP contribution in [0.15, 0.2) is 11.0 Å². The SMILES string of the molecule is COc1cc(N)c2c(c1N)OC(OC)CS2. The van der Waals surface area contributed by atoms with Crippen molar-refractivity contribution in [1.29, 1.82) is 0 Å². The van der Waals surface area contributed by atoms with Gasteiger partial charge in [-0.2, -0.15) is 0 Å². The molecule has 0 radical (unpaired) electrons. The van der Waals surface area contributed by atoms with E-state index in [-0.39, 0.29) is 6.29 Å². The predicted octanol–water partition coefficient (Wildman–Crippen LogP) is 1.32.